The largest absolute Gasteiger partial charge is 2.00 e. The van der Waals surface area contributed by atoms with Gasteiger partial charge in [-0.25, -0.2) is 26.4 Å². The molecule has 0 fully saturated rings. The first kappa shape index (κ1) is 34.5. The maximum absolute atomic E-state index is 10.7. The fourth-order valence-electron chi connectivity index (χ4n) is 1.38. The second-order valence-electron chi connectivity index (χ2n) is 5.58. The quantitative estimate of drug-likeness (QED) is 0.0931. The van der Waals surface area contributed by atoms with Gasteiger partial charge in [-0.1, -0.05) is 13.2 Å². The molecule has 0 N–H and O–H groups in total. The average Bonchev–Trinajstić information content (AvgIpc) is 2.61. The van der Waals surface area contributed by atoms with Crippen LogP contribution in [-0.2, 0) is 48.8 Å². The summed E-state index contributed by atoms with van der Waals surface area (Å²) < 4.78 is 80.1. The van der Waals surface area contributed by atoms with E-state index in [1.54, 1.807) is 13.8 Å². The monoisotopic (exact) mass is 498 g/mol. The summed E-state index contributed by atoms with van der Waals surface area (Å²) in [5.41, 5.74) is 0. The number of carbonyl (C=O) groups excluding carboxylic acids is 2. The molecule has 15 heteroatoms. The molecular formula is C16H26MgO12S2. The smallest absolute Gasteiger partial charge is 0.748 e. The Bertz CT molecular complexity index is 685. The first-order valence-corrected chi connectivity index (χ1v) is 11.5. The second kappa shape index (κ2) is 18.5. The maximum Gasteiger partial charge on any atom is 2.00 e. The van der Waals surface area contributed by atoms with E-state index < -0.39 is 55.9 Å². The van der Waals surface area contributed by atoms with Gasteiger partial charge in [0.2, 0.25) is 0 Å². The number of hydrogen-bond donors (Lipinski definition) is 0. The summed E-state index contributed by atoms with van der Waals surface area (Å²) in [6, 6.07) is 0. The van der Waals surface area contributed by atoms with Crippen molar-refractivity contribution in [3.8, 4) is 0 Å². The van der Waals surface area contributed by atoms with Crippen LogP contribution in [0.15, 0.2) is 25.3 Å². The molecule has 0 spiro atoms. The maximum atomic E-state index is 10.7. The number of rotatable bonds is 14. The number of hydrogen-bond acceptors (Lipinski definition) is 12. The third-order valence-electron chi connectivity index (χ3n) is 2.63. The summed E-state index contributed by atoms with van der Waals surface area (Å²) in [6.07, 6.45) is 1.01. The summed E-state index contributed by atoms with van der Waals surface area (Å²) in [7, 11) is -8.50. The fraction of sp³-hybridized carbons (Fsp3) is 0.625. The van der Waals surface area contributed by atoms with Gasteiger partial charge in [0, 0.05) is 12.2 Å². The predicted molar refractivity (Wildman–Crippen MR) is 108 cm³/mol. The van der Waals surface area contributed by atoms with E-state index in [0.29, 0.717) is 0 Å². The summed E-state index contributed by atoms with van der Waals surface area (Å²) in [6.45, 7) is 9.23. The summed E-state index contributed by atoms with van der Waals surface area (Å²) in [5.74, 6) is -2.34. The molecule has 0 saturated heterocycles. The van der Waals surface area contributed by atoms with Crippen LogP contribution in [0.4, 0.5) is 0 Å². The molecule has 0 amide bonds. The molecule has 0 aromatic rings. The van der Waals surface area contributed by atoms with Crippen LogP contribution in [0.5, 0.6) is 0 Å². The molecule has 0 bridgehead atoms. The van der Waals surface area contributed by atoms with Crippen molar-refractivity contribution in [1.29, 1.82) is 0 Å². The Kier molecular flexibility index (Phi) is 20.6. The van der Waals surface area contributed by atoms with Crippen molar-refractivity contribution in [1.82, 2.24) is 0 Å². The zero-order chi connectivity index (χ0) is 23.8. The molecule has 0 saturated carbocycles. The molecular weight excluding hydrogens is 473 g/mol. The summed E-state index contributed by atoms with van der Waals surface area (Å²) >= 11 is 0. The Hall–Kier alpha value is -1.07. The van der Waals surface area contributed by atoms with Gasteiger partial charge in [0.15, 0.2) is 0 Å². The fourth-order valence-corrected chi connectivity index (χ4v) is 2.03. The first-order valence-electron chi connectivity index (χ1n) is 8.38. The van der Waals surface area contributed by atoms with Crippen LogP contribution in [-0.4, -0.2) is 111 Å². The van der Waals surface area contributed by atoms with Gasteiger partial charge in [0.1, 0.15) is 12.2 Å². The van der Waals surface area contributed by atoms with E-state index in [1.807, 2.05) is 0 Å². The van der Waals surface area contributed by atoms with E-state index in [2.05, 4.69) is 13.2 Å². The van der Waals surface area contributed by atoms with Gasteiger partial charge in [0.05, 0.1) is 58.2 Å². The van der Waals surface area contributed by atoms with Crippen molar-refractivity contribution >= 4 is 55.2 Å². The molecule has 12 nitrogen and oxygen atoms in total. The topological polar surface area (TPSA) is 185 Å². The van der Waals surface area contributed by atoms with Gasteiger partial charge in [-0.15, -0.1) is 0 Å². The Balaban J connectivity index is -0.000000490. The number of esters is 2. The van der Waals surface area contributed by atoms with Crippen LogP contribution in [0.2, 0.25) is 0 Å². The number of ether oxygens (including phenoxy) is 4. The van der Waals surface area contributed by atoms with Gasteiger partial charge in [-0.05, 0) is 13.8 Å². The summed E-state index contributed by atoms with van der Waals surface area (Å²) in [5, 5.41) is 0. The zero-order valence-corrected chi connectivity index (χ0v) is 20.4. The second-order valence-corrected chi connectivity index (χ2v) is 8.62. The Morgan fingerprint density at radius 2 is 1.10 bits per heavy atom. The normalized spacial score (nSPS) is 12.8. The van der Waals surface area contributed by atoms with Gasteiger partial charge in [-0.3, -0.25) is 0 Å². The van der Waals surface area contributed by atoms with E-state index in [4.69, 9.17) is 18.9 Å². The molecule has 31 heavy (non-hydrogen) atoms. The molecule has 0 aromatic heterocycles. The minimum absolute atomic E-state index is 0. The molecule has 2 atom stereocenters. The minimum atomic E-state index is -4.25. The molecule has 0 aromatic carbocycles. The van der Waals surface area contributed by atoms with E-state index in [-0.39, 0.29) is 49.5 Å². The summed E-state index contributed by atoms with van der Waals surface area (Å²) in [4.78, 5) is 21.3. The average molecular weight is 499 g/mol. The van der Waals surface area contributed by atoms with E-state index in [9.17, 15) is 35.5 Å². The zero-order valence-electron chi connectivity index (χ0n) is 17.4. The van der Waals surface area contributed by atoms with Crippen molar-refractivity contribution < 1.29 is 54.5 Å². The minimum Gasteiger partial charge on any atom is -0.748 e. The Labute approximate surface area is 198 Å². The van der Waals surface area contributed by atoms with Crippen LogP contribution in [0.25, 0.3) is 0 Å². The third-order valence-corrected chi connectivity index (χ3v) is 3.96. The molecule has 0 rings (SSSR count). The molecule has 2 unspecified atom stereocenters. The third kappa shape index (κ3) is 28.9. The van der Waals surface area contributed by atoms with Crippen molar-refractivity contribution in [2.75, 3.05) is 37.9 Å². The predicted octanol–water partition coefficient (Wildman–Crippen LogP) is -1.05. The van der Waals surface area contributed by atoms with Crippen LogP contribution in [0, 0.1) is 0 Å². The van der Waals surface area contributed by atoms with E-state index >= 15 is 0 Å². The Morgan fingerprint density at radius 1 is 0.806 bits per heavy atom. The van der Waals surface area contributed by atoms with Crippen molar-refractivity contribution in [2.24, 2.45) is 0 Å². The van der Waals surface area contributed by atoms with E-state index in [0.717, 1.165) is 12.2 Å². The van der Waals surface area contributed by atoms with Gasteiger partial charge >= 0.3 is 35.0 Å². The van der Waals surface area contributed by atoms with Gasteiger partial charge in [0.25, 0.3) is 0 Å². The van der Waals surface area contributed by atoms with Crippen LogP contribution < -0.4 is 0 Å². The standard InChI is InChI=1S/2C8H14O6S.Mg/c2*1-3-8(9)14-7(2)6-13-4-5-15(10,11)12;/h2*3,7H,1,4-6H2,2H3,(H,10,11,12);/q;;+2/p-2. The van der Waals surface area contributed by atoms with Crippen LogP contribution >= 0.6 is 0 Å². The van der Waals surface area contributed by atoms with E-state index in [1.165, 1.54) is 0 Å². The van der Waals surface area contributed by atoms with Crippen LogP contribution in [0.1, 0.15) is 13.8 Å². The molecule has 0 aliphatic carbocycles. The van der Waals surface area contributed by atoms with Crippen LogP contribution in [0.3, 0.4) is 0 Å². The molecule has 0 radical (unpaired) electrons. The number of carbonyl (C=O) groups is 2. The van der Waals surface area contributed by atoms with Crippen molar-refractivity contribution in [2.45, 2.75) is 26.1 Å². The molecule has 176 valence electrons. The molecule has 0 aliphatic rings. The van der Waals surface area contributed by atoms with Crippen molar-refractivity contribution in [3.63, 3.8) is 0 Å². The van der Waals surface area contributed by atoms with Gasteiger partial charge in [-0.2, -0.15) is 0 Å². The SMILES string of the molecule is C=CC(=O)OC(C)COCCS(=O)(=O)[O-].C=CC(=O)OC(C)COCCS(=O)(=O)[O-].[Mg+2]. The molecule has 0 heterocycles. The Morgan fingerprint density at radius 3 is 1.32 bits per heavy atom. The first-order chi connectivity index (χ1) is 13.7. The van der Waals surface area contributed by atoms with Gasteiger partial charge < -0.3 is 28.1 Å². The molecule has 0 aliphatic heterocycles. The van der Waals surface area contributed by atoms with Crippen molar-refractivity contribution in [3.05, 3.63) is 25.3 Å².